The number of rotatable bonds is 2. The number of esters is 1. The van der Waals surface area contributed by atoms with Gasteiger partial charge >= 0.3 is 5.97 Å². The first-order chi connectivity index (χ1) is 12.3. The van der Waals surface area contributed by atoms with Crippen molar-refractivity contribution >= 4 is 28.6 Å². The average molecular weight is 470 g/mol. The van der Waals surface area contributed by atoms with Gasteiger partial charge in [0.25, 0.3) is 0 Å². The van der Waals surface area contributed by atoms with E-state index in [1.165, 1.54) is 48.5 Å². The Morgan fingerprint density at radius 2 is 1.69 bits per heavy atom. The van der Waals surface area contributed by atoms with Crippen LogP contribution in [0.3, 0.4) is 0 Å². The van der Waals surface area contributed by atoms with E-state index >= 15 is 0 Å². The van der Waals surface area contributed by atoms with Crippen LogP contribution in [0.2, 0.25) is 0 Å². The van der Waals surface area contributed by atoms with Crippen molar-refractivity contribution in [3.05, 3.63) is 10.2 Å². The molecule has 4 aliphatic rings. The maximum absolute atomic E-state index is 11.4. The minimum atomic E-state index is -0.100. The van der Waals surface area contributed by atoms with E-state index in [0.717, 1.165) is 42.4 Å². The van der Waals surface area contributed by atoms with Crippen molar-refractivity contribution in [3.8, 4) is 0 Å². The number of carbonyl (C=O) groups is 1. The third kappa shape index (κ3) is 2.90. The van der Waals surface area contributed by atoms with Crippen LogP contribution in [0.1, 0.15) is 78.6 Å². The topological polar surface area (TPSA) is 26.3 Å². The normalized spacial score (nSPS) is 50.3. The zero-order valence-electron chi connectivity index (χ0n) is 16.7. The molecule has 0 aromatic heterocycles. The van der Waals surface area contributed by atoms with Crippen molar-refractivity contribution in [3.63, 3.8) is 0 Å². The Kier molecular flexibility index (Phi) is 5.02. The summed E-state index contributed by atoms with van der Waals surface area (Å²) in [5.41, 5.74) is 0.970. The van der Waals surface area contributed by atoms with Gasteiger partial charge in [0.1, 0.15) is 6.10 Å². The van der Waals surface area contributed by atoms with Crippen LogP contribution in [-0.4, -0.2) is 12.1 Å². The van der Waals surface area contributed by atoms with Gasteiger partial charge in [-0.25, -0.2) is 0 Å². The molecular formula is C23H35IO2. The van der Waals surface area contributed by atoms with Crippen LogP contribution in [0, 0.1) is 40.4 Å². The summed E-state index contributed by atoms with van der Waals surface area (Å²) in [7, 11) is 0. The highest BCUT2D eigenvalue weighted by Gasteiger charge is 2.60. The number of hydrogen-bond acceptors (Lipinski definition) is 2. The highest BCUT2D eigenvalue weighted by molar-refractivity contribution is 14.1. The Morgan fingerprint density at radius 1 is 1.00 bits per heavy atom. The molecule has 4 saturated carbocycles. The zero-order valence-corrected chi connectivity index (χ0v) is 18.9. The molecule has 0 N–H and O–H groups in total. The van der Waals surface area contributed by atoms with E-state index in [1.54, 1.807) is 6.92 Å². The SMILES string of the molecule is C=C(I)[C@H]1CC[C@H]2[C@@H]3CC[C@H]4C[C@@H](OC(C)=O)CC[C@]4(C)[C@H]3CC[C@]12C. The second kappa shape index (κ2) is 6.77. The number of hydrogen-bond donors (Lipinski definition) is 0. The molecule has 0 aliphatic heterocycles. The van der Waals surface area contributed by atoms with Crippen molar-refractivity contribution in [2.75, 3.05) is 0 Å². The lowest BCUT2D eigenvalue weighted by molar-refractivity contribution is -0.159. The maximum atomic E-state index is 11.4. The molecular weight excluding hydrogens is 435 g/mol. The van der Waals surface area contributed by atoms with Gasteiger partial charge in [-0.15, -0.1) is 0 Å². The largest absolute Gasteiger partial charge is 0.463 e. The molecule has 2 nitrogen and oxygen atoms in total. The second-order valence-electron chi connectivity index (χ2n) is 10.3. The van der Waals surface area contributed by atoms with E-state index in [-0.39, 0.29) is 12.1 Å². The summed E-state index contributed by atoms with van der Waals surface area (Å²) >= 11 is 2.50. The van der Waals surface area contributed by atoms with Crippen molar-refractivity contribution in [1.29, 1.82) is 0 Å². The molecule has 0 spiro atoms. The summed E-state index contributed by atoms with van der Waals surface area (Å²) in [5, 5.41) is 0. The van der Waals surface area contributed by atoms with Crippen LogP contribution < -0.4 is 0 Å². The monoisotopic (exact) mass is 470 g/mol. The minimum absolute atomic E-state index is 0.100. The molecule has 0 radical (unpaired) electrons. The molecule has 4 fully saturated rings. The fraction of sp³-hybridized carbons (Fsp3) is 0.870. The standard InChI is InChI=1S/C23H35IO2/c1-14(24)19-7-8-20-18-6-5-16-13-17(26-15(2)25)9-11-22(16,3)21(18)10-12-23(19,20)4/h16-21H,1,5-13H2,2-4H3/t16-,17-,18-,19+,20-,21-,22-,23+/m0/s1. The number of fused-ring (bicyclic) bond motifs is 5. The molecule has 3 heteroatoms. The first kappa shape index (κ1) is 19.3. The predicted molar refractivity (Wildman–Crippen MR) is 114 cm³/mol. The van der Waals surface area contributed by atoms with Gasteiger partial charge in [-0.3, -0.25) is 4.79 Å². The lowest BCUT2D eigenvalue weighted by Gasteiger charge is -2.61. The minimum Gasteiger partial charge on any atom is -0.463 e. The van der Waals surface area contributed by atoms with Crippen molar-refractivity contribution < 1.29 is 9.53 Å². The van der Waals surface area contributed by atoms with Crippen LogP contribution in [0.15, 0.2) is 10.2 Å². The summed E-state index contributed by atoms with van der Waals surface area (Å²) in [6.07, 6.45) is 11.9. The fourth-order valence-corrected chi connectivity index (χ4v) is 9.10. The zero-order chi connectivity index (χ0) is 18.7. The summed E-state index contributed by atoms with van der Waals surface area (Å²) in [6, 6.07) is 0. The van der Waals surface area contributed by atoms with Crippen LogP contribution in [0.4, 0.5) is 0 Å². The third-order valence-corrected chi connectivity index (χ3v) is 10.1. The second-order valence-corrected chi connectivity index (χ2v) is 11.7. The lowest BCUT2D eigenvalue weighted by Crippen LogP contribution is -2.54. The summed E-state index contributed by atoms with van der Waals surface area (Å²) in [4.78, 5) is 11.4. The lowest BCUT2D eigenvalue weighted by atomic mass is 9.44. The van der Waals surface area contributed by atoms with Crippen LogP contribution in [0.25, 0.3) is 0 Å². The number of allylic oxidation sites excluding steroid dienone is 1. The number of halogens is 1. The van der Waals surface area contributed by atoms with Gasteiger partial charge in [-0.1, -0.05) is 20.4 Å². The van der Waals surface area contributed by atoms with Gasteiger partial charge in [0, 0.05) is 6.92 Å². The van der Waals surface area contributed by atoms with E-state index in [2.05, 4.69) is 43.0 Å². The van der Waals surface area contributed by atoms with Crippen LogP contribution in [0.5, 0.6) is 0 Å². The fourth-order valence-electron chi connectivity index (χ4n) is 8.08. The molecule has 0 heterocycles. The quantitative estimate of drug-likeness (QED) is 0.339. The molecule has 0 aromatic carbocycles. The van der Waals surface area contributed by atoms with E-state index in [9.17, 15) is 4.79 Å². The molecule has 0 bridgehead atoms. The van der Waals surface area contributed by atoms with Gasteiger partial charge in [0.15, 0.2) is 0 Å². The molecule has 4 aliphatic carbocycles. The van der Waals surface area contributed by atoms with Gasteiger partial charge in [-0.2, -0.15) is 0 Å². The molecule has 0 aromatic rings. The Hall–Kier alpha value is -0.0600. The molecule has 4 rings (SSSR count). The van der Waals surface area contributed by atoms with E-state index in [1.807, 2.05) is 0 Å². The average Bonchev–Trinajstić information content (AvgIpc) is 2.92. The number of carbonyl (C=O) groups excluding carboxylic acids is 1. The van der Waals surface area contributed by atoms with Crippen molar-refractivity contribution in [1.82, 2.24) is 0 Å². The third-order valence-electron chi connectivity index (χ3n) is 9.33. The van der Waals surface area contributed by atoms with Gasteiger partial charge in [0.05, 0.1) is 0 Å². The van der Waals surface area contributed by atoms with Gasteiger partial charge in [0.2, 0.25) is 0 Å². The first-order valence-electron chi connectivity index (χ1n) is 10.8. The summed E-state index contributed by atoms with van der Waals surface area (Å²) < 4.78 is 6.99. The summed E-state index contributed by atoms with van der Waals surface area (Å²) in [6.45, 7) is 11.1. The molecule has 0 unspecified atom stereocenters. The Labute approximate surface area is 173 Å². The van der Waals surface area contributed by atoms with Crippen molar-refractivity contribution in [2.24, 2.45) is 40.4 Å². The van der Waals surface area contributed by atoms with E-state index in [0.29, 0.717) is 10.8 Å². The van der Waals surface area contributed by atoms with Crippen molar-refractivity contribution in [2.45, 2.75) is 84.7 Å². The van der Waals surface area contributed by atoms with E-state index < -0.39 is 0 Å². The molecule has 26 heavy (non-hydrogen) atoms. The Morgan fingerprint density at radius 3 is 2.38 bits per heavy atom. The molecule has 0 amide bonds. The van der Waals surface area contributed by atoms with E-state index in [4.69, 9.17) is 4.74 Å². The first-order valence-corrected chi connectivity index (χ1v) is 11.8. The maximum Gasteiger partial charge on any atom is 0.302 e. The Bertz CT molecular complexity index is 601. The van der Waals surface area contributed by atoms with Gasteiger partial charge in [-0.05, 0) is 124 Å². The smallest absolute Gasteiger partial charge is 0.302 e. The molecule has 8 atom stereocenters. The Balaban J connectivity index is 1.54. The molecule has 146 valence electrons. The van der Waals surface area contributed by atoms with Gasteiger partial charge < -0.3 is 4.74 Å². The molecule has 0 saturated heterocycles. The summed E-state index contributed by atoms with van der Waals surface area (Å²) in [5.74, 6) is 4.10. The highest BCUT2D eigenvalue weighted by atomic mass is 127. The van der Waals surface area contributed by atoms with Crippen LogP contribution in [-0.2, 0) is 9.53 Å². The predicted octanol–water partition coefficient (Wildman–Crippen LogP) is 6.53. The number of ether oxygens (including phenoxy) is 1. The highest BCUT2D eigenvalue weighted by Crippen LogP contribution is 2.68. The van der Waals surface area contributed by atoms with Crippen LogP contribution >= 0.6 is 22.6 Å².